The number of hydrogen-bond donors (Lipinski definition) is 0. The van der Waals surface area contributed by atoms with Crippen LogP contribution in [0.2, 0.25) is 0 Å². The van der Waals surface area contributed by atoms with E-state index in [-0.39, 0.29) is 0 Å². The summed E-state index contributed by atoms with van der Waals surface area (Å²) in [4.78, 5) is 6.10. The molecule has 0 atom stereocenters. The molecule has 0 aliphatic rings. The zero-order valence-corrected chi connectivity index (χ0v) is 14.1. The van der Waals surface area contributed by atoms with Gasteiger partial charge in [-0.25, -0.2) is 13.4 Å². The van der Waals surface area contributed by atoms with Gasteiger partial charge in [-0.2, -0.15) is 5.10 Å². The van der Waals surface area contributed by atoms with Crippen molar-refractivity contribution < 1.29 is 8.42 Å². The van der Waals surface area contributed by atoms with Crippen LogP contribution in [0.15, 0.2) is 52.9 Å². The van der Waals surface area contributed by atoms with E-state index in [2.05, 4.69) is 21.2 Å². The SMILES string of the molecule is CS(=O)(=O)c1ccc(-c2cnnc(CCc3cccs3)n2)cc1. The third-order valence-electron chi connectivity index (χ3n) is 3.36. The minimum Gasteiger partial charge on any atom is -0.229 e. The lowest BCUT2D eigenvalue weighted by atomic mass is 10.1. The Bertz CT molecular complexity index is 889. The Hall–Kier alpha value is -2.12. The Morgan fingerprint density at radius 1 is 1.09 bits per heavy atom. The van der Waals surface area contributed by atoms with Crippen LogP contribution in [0, 0.1) is 0 Å². The van der Waals surface area contributed by atoms with E-state index in [1.165, 1.54) is 11.1 Å². The molecule has 5 nitrogen and oxygen atoms in total. The fourth-order valence-electron chi connectivity index (χ4n) is 2.15. The molecule has 0 bridgehead atoms. The molecule has 0 fully saturated rings. The molecule has 2 aromatic heterocycles. The zero-order valence-electron chi connectivity index (χ0n) is 12.5. The zero-order chi connectivity index (χ0) is 16.3. The first-order valence-corrected chi connectivity index (χ1v) is 9.81. The third-order valence-corrected chi connectivity index (χ3v) is 5.42. The number of rotatable bonds is 5. The van der Waals surface area contributed by atoms with Crippen LogP contribution in [0.25, 0.3) is 11.3 Å². The molecular formula is C16H15N3O2S2. The van der Waals surface area contributed by atoms with Crippen molar-refractivity contribution in [3.63, 3.8) is 0 Å². The van der Waals surface area contributed by atoms with Gasteiger partial charge in [-0.3, -0.25) is 0 Å². The van der Waals surface area contributed by atoms with E-state index >= 15 is 0 Å². The summed E-state index contributed by atoms with van der Waals surface area (Å²) in [5, 5.41) is 10.1. The molecule has 0 aliphatic heterocycles. The minimum absolute atomic E-state index is 0.293. The lowest BCUT2D eigenvalue weighted by molar-refractivity contribution is 0.602. The average Bonchev–Trinajstić information content (AvgIpc) is 3.06. The Morgan fingerprint density at radius 3 is 2.52 bits per heavy atom. The number of hydrogen-bond acceptors (Lipinski definition) is 6. The standard InChI is InChI=1S/C16H15N3O2S2/c1-23(20,21)14-7-4-12(5-8-14)15-11-17-19-16(18-15)9-6-13-3-2-10-22-13/h2-5,7-8,10-11H,6,9H2,1H3. The number of benzene rings is 1. The summed E-state index contributed by atoms with van der Waals surface area (Å²) in [7, 11) is -3.19. The number of sulfone groups is 1. The molecule has 3 aromatic rings. The normalized spacial score (nSPS) is 11.5. The first kappa shape index (κ1) is 15.8. The molecule has 23 heavy (non-hydrogen) atoms. The Labute approximate surface area is 139 Å². The van der Waals surface area contributed by atoms with Crippen molar-refractivity contribution in [3.8, 4) is 11.3 Å². The summed E-state index contributed by atoms with van der Waals surface area (Å²) in [6.07, 6.45) is 4.39. The highest BCUT2D eigenvalue weighted by Crippen LogP contribution is 2.19. The molecule has 0 aliphatic carbocycles. The lowest BCUT2D eigenvalue weighted by Gasteiger charge is -2.04. The molecule has 118 valence electrons. The Balaban J connectivity index is 1.79. The molecule has 0 saturated carbocycles. The molecule has 2 heterocycles. The van der Waals surface area contributed by atoms with Crippen molar-refractivity contribution in [3.05, 3.63) is 58.7 Å². The van der Waals surface area contributed by atoms with E-state index in [4.69, 9.17) is 0 Å². The molecule has 0 saturated heterocycles. The van der Waals surface area contributed by atoms with Gasteiger partial charge in [0, 0.05) is 23.1 Å². The van der Waals surface area contributed by atoms with Crippen molar-refractivity contribution in [1.29, 1.82) is 0 Å². The van der Waals surface area contributed by atoms with Crippen LogP contribution in [-0.2, 0) is 22.7 Å². The van der Waals surface area contributed by atoms with Crippen LogP contribution < -0.4 is 0 Å². The van der Waals surface area contributed by atoms with Crippen LogP contribution in [0.5, 0.6) is 0 Å². The predicted octanol–water partition coefficient (Wildman–Crippen LogP) is 2.79. The maximum atomic E-state index is 11.5. The van der Waals surface area contributed by atoms with Crippen LogP contribution in [0.3, 0.4) is 0 Å². The van der Waals surface area contributed by atoms with Gasteiger partial charge >= 0.3 is 0 Å². The largest absolute Gasteiger partial charge is 0.229 e. The lowest BCUT2D eigenvalue weighted by Crippen LogP contribution is -2.01. The van der Waals surface area contributed by atoms with Crippen LogP contribution in [0.1, 0.15) is 10.7 Å². The maximum absolute atomic E-state index is 11.5. The fraction of sp³-hybridized carbons (Fsp3) is 0.188. The number of aryl methyl sites for hydroxylation is 2. The van der Waals surface area contributed by atoms with Crippen LogP contribution in [0.4, 0.5) is 0 Å². The molecule has 0 unspecified atom stereocenters. The van der Waals surface area contributed by atoms with E-state index in [0.29, 0.717) is 16.4 Å². The van der Waals surface area contributed by atoms with Gasteiger partial charge in [-0.15, -0.1) is 16.4 Å². The summed E-state index contributed by atoms with van der Waals surface area (Å²) in [5.74, 6) is 0.683. The van der Waals surface area contributed by atoms with E-state index in [9.17, 15) is 8.42 Å². The van der Waals surface area contributed by atoms with Gasteiger partial charge in [0.15, 0.2) is 15.7 Å². The first-order valence-electron chi connectivity index (χ1n) is 7.04. The summed E-state index contributed by atoms with van der Waals surface area (Å²) in [6.45, 7) is 0. The van der Waals surface area contributed by atoms with Gasteiger partial charge in [0.05, 0.1) is 16.8 Å². The van der Waals surface area contributed by atoms with E-state index in [1.807, 2.05) is 11.4 Å². The van der Waals surface area contributed by atoms with E-state index in [0.717, 1.165) is 18.4 Å². The molecule has 7 heteroatoms. The van der Waals surface area contributed by atoms with Crippen molar-refractivity contribution in [1.82, 2.24) is 15.2 Å². The summed E-state index contributed by atoms with van der Waals surface area (Å²) >= 11 is 1.71. The average molecular weight is 345 g/mol. The molecule has 3 rings (SSSR count). The quantitative estimate of drug-likeness (QED) is 0.711. The van der Waals surface area contributed by atoms with Crippen molar-refractivity contribution in [2.75, 3.05) is 6.26 Å². The van der Waals surface area contributed by atoms with Crippen molar-refractivity contribution in [2.45, 2.75) is 17.7 Å². The van der Waals surface area contributed by atoms with Crippen LogP contribution >= 0.6 is 11.3 Å². The molecule has 0 spiro atoms. The van der Waals surface area contributed by atoms with Crippen molar-refractivity contribution in [2.24, 2.45) is 0 Å². The highest BCUT2D eigenvalue weighted by atomic mass is 32.2. The monoisotopic (exact) mass is 345 g/mol. The smallest absolute Gasteiger partial charge is 0.175 e. The van der Waals surface area contributed by atoms with Gasteiger partial charge in [0.1, 0.15) is 0 Å². The molecular weight excluding hydrogens is 330 g/mol. The Morgan fingerprint density at radius 2 is 1.87 bits per heavy atom. The Kier molecular flexibility index (Phi) is 4.49. The van der Waals surface area contributed by atoms with Crippen LogP contribution in [-0.4, -0.2) is 29.9 Å². The molecule has 0 amide bonds. The first-order chi connectivity index (χ1) is 11.0. The van der Waals surface area contributed by atoms with Crippen molar-refractivity contribution >= 4 is 21.2 Å². The second kappa shape index (κ2) is 6.55. The van der Waals surface area contributed by atoms with E-state index in [1.54, 1.807) is 41.8 Å². The second-order valence-electron chi connectivity index (χ2n) is 5.13. The third kappa shape index (κ3) is 4.00. The summed E-state index contributed by atoms with van der Waals surface area (Å²) in [6, 6.07) is 10.8. The number of thiophene rings is 1. The summed E-state index contributed by atoms with van der Waals surface area (Å²) < 4.78 is 23.0. The fourth-order valence-corrected chi connectivity index (χ4v) is 3.49. The van der Waals surface area contributed by atoms with Gasteiger partial charge < -0.3 is 0 Å². The van der Waals surface area contributed by atoms with Gasteiger partial charge in [-0.05, 0) is 30.0 Å². The van der Waals surface area contributed by atoms with Gasteiger partial charge in [-0.1, -0.05) is 18.2 Å². The molecule has 1 aromatic carbocycles. The topological polar surface area (TPSA) is 72.8 Å². The second-order valence-corrected chi connectivity index (χ2v) is 8.18. The minimum atomic E-state index is -3.19. The highest BCUT2D eigenvalue weighted by molar-refractivity contribution is 7.90. The van der Waals surface area contributed by atoms with Gasteiger partial charge in [0.25, 0.3) is 0 Å². The predicted molar refractivity (Wildman–Crippen MR) is 90.1 cm³/mol. The molecule has 0 radical (unpaired) electrons. The highest BCUT2D eigenvalue weighted by Gasteiger charge is 2.08. The molecule has 0 N–H and O–H groups in total. The maximum Gasteiger partial charge on any atom is 0.175 e. The number of aromatic nitrogens is 3. The van der Waals surface area contributed by atoms with E-state index < -0.39 is 9.84 Å². The van der Waals surface area contributed by atoms with Gasteiger partial charge in [0.2, 0.25) is 0 Å². The summed E-state index contributed by atoms with van der Waals surface area (Å²) in [5.41, 5.74) is 1.52. The number of nitrogens with zero attached hydrogens (tertiary/aromatic N) is 3.